The quantitative estimate of drug-likeness (QED) is 0.705. The molecule has 0 bridgehead atoms. The standard InChI is InChI=1S/C11H19NOS/c1-3-7-12-8-10-5-6-11(13-10)9-14-4-2/h5-6,12H,3-4,7-9H2,1-2H3. The molecule has 14 heavy (non-hydrogen) atoms. The Labute approximate surface area is 90.5 Å². The third-order valence-corrected chi connectivity index (χ3v) is 2.79. The molecule has 0 radical (unpaired) electrons. The van der Waals surface area contributed by atoms with Crippen LogP contribution in [0.1, 0.15) is 31.8 Å². The summed E-state index contributed by atoms with van der Waals surface area (Å²) in [7, 11) is 0. The second kappa shape index (κ2) is 6.96. The summed E-state index contributed by atoms with van der Waals surface area (Å²) in [6.07, 6.45) is 1.17. The fourth-order valence-electron chi connectivity index (χ4n) is 1.19. The Morgan fingerprint density at radius 1 is 1.29 bits per heavy atom. The SMILES string of the molecule is CCCNCc1ccc(CSCC)o1. The summed E-state index contributed by atoms with van der Waals surface area (Å²) in [5.41, 5.74) is 0. The lowest BCUT2D eigenvalue weighted by Crippen LogP contribution is -2.12. The largest absolute Gasteiger partial charge is 0.464 e. The number of furan rings is 1. The van der Waals surface area contributed by atoms with Crippen molar-refractivity contribution in [1.82, 2.24) is 5.32 Å². The molecule has 0 spiro atoms. The van der Waals surface area contributed by atoms with Crippen molar-refractivity contribution in [3.63, 3.8) is 0 Å². The average molecular weight is 213 g/mol. The summed E-state index contributed by atoms with van der Waals surface area (Å²) in [6, 6.07) is 4.14. The van der Waals surface area contributed by atoms with Crippen molar-refractivity contribution in [3.8, 4) is 0 Å². The van der Waals surface area contributed by atoms with Gasteiger partial charge < -0.3 is 9.73 Å². The van der Waals surface area contributed by atoms with Crippen molar-refractivity contribution >= 4 is 11.8 Å². The van der Waals surface area contributed by atoms with Crippen molar-refractivity contribution in [2.75, 3.05) is 12.3 Å². The van der Waals surface area contributed by atoms with Gasteiger partial charge >= 0.3 is 0 Å². The summed E-state index contributed by atoms with van der Waals surface area (Å²) in [5.74, 6) is 4.27. The van der Waals surface area contributed by atoms with E-state index in [9.17, 15) is 0 Å². The van der Waals surface area contributed by atoms with Crippen LogP contribution in [0.5, 0.6) is 0 Å². The maximum absolute atomic E-state index is 5.65. The molecular weight excluding hydrogens is 194 g/mol. The fraction of sp³-hybridized carbons (Fsp3) is 0.636. The zero-order chi connectivity index (χ0) is 10.2. The first kappa shape index (κ1) is 11.7. The minimum absolute atomic E-state index is 0.852. The molecular formula is C11H19NOS. The second-order valence-electron chi connectivity index (χ2n) is 3.18. The van der Waals surface area contributed by atoms with Gasteiger partial charge in [0, 0.05) is 0 Å². The molecule has 0 aliphatic rings. The molecule has 3 heteroatoms. The van der Waals surface area contributed by atoms with Crippen LogP contribution in [0.2, 0.25) is 0 Å². The van der Waals surface area contributed by atoms with Crippen LogP contribution in [0, 0.1) is 0 Å². The molecule has 1 aromatic heterocycles. The van der Waals surface area contributed by atoms with Crippen LogP contribution < -0.4 is 5.32 Å². The maximum Gasteiger partial charge on any atom is 0.117 e. The highest BCUT2D eigenvalue weighted by Gasteiger charge is 2.00. The van der Waals surface area contributed by atoms with E-state index in [1.807, 2.05) is 11.8 Å². The molecule has 0 aromatic carbocycles. The summed E-state index contributed by atoms with van der Waals surface area (Å²) < 4.78 is 5.65. The highest BCUT2D eigenvalue weighted by Crippen LogP contribution is 2.14. The Hall–Kier alpha value is -0.410. The lowest BCUT2D eigenvalue weighted by Gasteiger charge is -1.99. The van der Waals surface area contributed by atoms with Gasteiger partial charge in [-0.3, -0.25) is 0 Å². The molecule has 80 valence electrons. The molecule has 1 N–H and O–H groups in total. The number of nitrogens with one attached hydrogen (secondary N) is 1. The number of hydrogen-bond donors (Lipinski definition) is 1. The topological polar surface area (TPSA) is 25.2 Å². The lowest BCUT2D eigenvalue weighted by atomic mass is 10.4. The smallest absolute Gasteiger partial charge is 0.117 e. The zero-order valence-electron chi connectivity index (χ0n) is 9.01. The summed E-state index contributed by atoms with van der Waals surface area (Å²) >= 11 is 1.89. The highest BCUT2D eigenvalue weighted by molar-refractivity contribution is 7.98. The van der Waals surface area contributed by atoms with Crippen LogP contribution in [-0.4, -0.2) is 12.3 Å². The summed E-state index contributed by atoms with van der Waals surface area (Å²) in [4.78, 5) is 0. The molecule has 1 rings (SSSR count). The molecule has 0 saturated heterocycles. The van der Waals surface area contributed by atoms with Crippen LogP contribution >= 0.6 is 11.8 Å². The van der Waals surface area contributed by atoms with Gasteiger partial charge in [-0.15, -0.1) is 0 Å². The molecule has 0 amide bonds. The van der Waals surface area contributed by atoms with E-state index in [0.29, 0.717) is 0 Å². The van der Waals surface area contributed by atoms with Crippen LogP contribution in [0.25, 0.3) is 0 Å². The van der Waals surface area contributed by atoms with E-state index in [1.165, 1.54) is 6.42 Å². The van der Waals surface area contributed by atoms with Crippen molar-refractivity contribution < 1.29 is 4.42 Å². The van der Waals surface area contributed by atoms with Gasteiger partial charge in [0.05, 0.1) is 12.3 Å². The normalized spacial score (nSPS) is 10.7. The molecule has 0 unspecified atom stereocenters. The van der Waals surface area contributed by atoms with Gasteiger partial charge in [-0.2, -0.15) is 11.8 Å². The van der Waals surface area contributed by atoms with Gasteiger partial charge in [0.1, 0.15) is 11.5 Å². The first-order valence-electron chi connectivity index (χ1n) is 5.22. The molecule has 0 fully saturated rings. The fourth-order valence-corrected chi connectivity index (χ4v) is 1.75. The van der Waals surface area contributed by atoms with Gasteiger partial charge in [-0.1, -0.05) is 13.8 Å². The van der Waals surface area contributed by atoms with E-state index in [2.05, 4.69) is 31.3 Å². The Balaban J connectivity index is 2.27. The van der Waals surface area contributed by atoms with Crippen LogP contribution in [-0.2, 0) is 12.3 Å². The van der Waals surface area contributed by atoms with E-state index in [4.69, 9.17) is 4.42 Å². The van der Waals surface area contributed by atoms with E-state index in [1.54, 1.807) is 0 Å². The molecule has 2 nitrogen and oxygen atoms in total. The number of rotatable bonds is 7. The number of hydrogen-bond acceptors (Lipinski definition) is 3. The Bertz CT molecular complexity index is 247. The monoisotopic (exact) mass is 213 g/mol. The third kappa shape index (κ3) is 4.20. The predicted molar refractivity (Wildman–Crippen MR) is 62.5 cm³/mol. The van der Waals surface area contributed by atoms with Gasteiger partial charge in [0.15, 0.2) is 0 Å². The average Bonchev–Trinajstić information content (AvgIpc) is 2.63. The van der Waals surface area contributed by atoms with E-state index in [-0.39, 0.29) is 0 Å². The Kier molecular flexibility index (Phi) is 5.80. The number of thioether (sulfide) groups is 1. The first-order chi connectivity index (χ1) is 6.86. The summed E-state index contributed by atoms with van der Waals surface area (Å²) in [6.45, 7) is 6.24. The minimum atomic E-state index is 0.852. The van der Waals surface area contributed by atoms with Crippen molar-refractivity contribution in [2.24, 2.45) is 0 Å². The van der Waals surface area contributed by atoms with Gasteiger partial charge in [-0.25, -0.2) is 0 Å². The minimum Gasteiger partial charge on any atom is -0.464 e. The van der Waals surface area contributed by atoms with Crippen molar-refractivity contribution in [1.29, 1.82) is 0 Å². The van der Waals surface area contributed by atoms with E-state index < -0.39 is 0 Å². The van der Waals surface area contributed by atoms with Crippen LogP contribution in [0.4, 0.5) is 0 Å². The summed E-state index contributed by atoms with van der Waals surface area (Å²) in [5, 5.41) is 3.32. The molecule has 0 saturated carbocycles. The van der Waals surface area contributed by atoms with Crippen molar-refractivity contribution in [2.45, 2.75) is 32.6 Å². The predicted octanol–water partition coefficient (Wildman–Crippen LogP) is 3.03. The molecule has 0 atom stereocenters. The van der Waals surface area contributed by atoms with Crippen LogP contribution in [0.15, 0.2) is 16.5 Å². The van der Waals surface area contributed by atoms with E-state index in [0.717, 1.165) is 36.1 Å². The Morgan fingerprint density at radius 3 is 2.79 bits per heavy atom. The zero-order valence-corrected chi connectivity index (χ0v) is 9.82. The second-order valence-corrected chi connectivity index (χ2v) is 4.46. The molecule has 0 aliphatic heterocycles. The third-order valence-electron chi connectivity index (χ3n) is 1.89. The van der Waals surface area contributed by atoms with Gasteiger partial charge in [0.2, 0.25) is 0 Å². The van der Waals surface area contributed by atoms with Gasteiger partial charge in [-0.05, 0) is 30.9 Å². The maximum atomic E-state index is 5.65. The molecule has 1 aromatic rings. The Morgan fingerprint density at radius 2 is 2.07 bits per heavy atom. The molecule has 1 heterocycles. The van der Waals surface area contributed by atoms with E-state index >= 15 is 0 Å². The first-order valence-corrected chi connectivity index (χ1v) is 6.38. The van der Waals surface area contributed by atoms with Crippen molar-refractivity contribution in [3.05, 3.63) is 23.7 Å². The highest BCUT2D eigenvalue weighted by atomic mass is 32.2. The van der Waals surface area contributed by atoms with Gasteiger partial charge in [0.25, 0.3) is 0 Å². The van der Waals surface area contributed by atoms with Crippen LogP contribution in [0.3, 0.4) is 0 Å². The molecule has 0 aliphatic carbocycles. The lowest BCUT2D eigenvalue weighted by molar-refractivity contribution is 0.459.